The van der Waals surface area contributed by atoms with Gasteiger partial charge in [-0.25, -0.2) is 0 Å². The van der Waals surface area contributed by atoms with E-state index in [0.717, 1.165) is 37.8 Å². The summed E-state index contributed by atoms with van der Waals surface area (Å²) in [7, 11) is 0. The number of amides is 2. The van der Waals surface area contributed by atoms with Crippen LogP contribution in [0.5, 0.6) is 5.75 Å². The molecule has 0 spiro atoms. The number of carbonyl (C=O) groups excluding carboxylic acids is 2. The molecule has 4 aromatic rings. The van der Waals surface area contributed by atoms with Crippen LogP contribution >= 0.6 is 46.0 Å². The smallest absolute Gasteiger partial charge is 0.293 e. The maximum absolute atomic E-state index is 12.9. The molecular formula is C28H19ClINO3S. The molecule has 0 unspecified atom stereocenters. The van der Waals surface area contributed by atoms with Gasteiger partial charge in [-0.3, -0.25) is 14.5 Å². The van der Waals surface area contributed by atoms with Crippen LogP contribution in [0, 0.1) is 3.57 Å². The fraction of sp³-hybridized carbons (Fsp3) is 0.0714. The topological polar surface area (TPSA) is 46.6 Å². The molecule has 35 heavy (non-hydrogen) atoms. The fourth-order valence-electron chi connectivity index (χ4n) is 3.86. The first-order valence-corrected chi connectivity index (χ1v) is 13.1. The lowest BCUT2D eigenvalue weighted by molar-refractivity contribution is -0.123. The van der Waals surface area contributed by atoms with Crippen molar-refractivity contribution in [2.75, 3.05) is 0 Å². The number of benzene rings is 4. The van der Waals surface area contributed by atoms with Crippen molar-refractivity contribution in [2.45, 2.75) is 13.2 Å². The summed E-state index contributed by atoms with van der Waals surface area (Å²) in [4.78, 5) is 27.0. The molecule has 1 aliphatic rings. The number of hydrogen-bond donors (Lipinski definition) is 0. The third kappa shape index (κ3) is 5.39. The number of halogens is 2. The third-order valence-electron chi connectivity index (χ3n) is 5.64. The lowest BCUT2D eigenvalue weighted by Crippen LogP contribution is -2.27. The summed E-state index contributed by atoms with van der Waals surface area (Å²) in [5, 5.41) is 2.70. The van der Waals surface area contributed by atoms with Gasteiger partial charge in [0.2, 0.25) is 0 Å². The third-order valence-corrected chi connectivity index (χ3v) is 7.65. The molecule has 0 radical (unpaired) electrons. The predicted molar refractivity (Wildman–Crippen MR) is 150 cm³/mol. The maximum atomic E-state index is 12.9. The number of ether oxygens (including phenoxy) is 1. The van der Waals surface area contributed by atoms with Gasteiger partial charge in [-0.15, -0.1) is 0 Å². The first-order chi connectivity index (χ1) is 17.0. The van der Waals surface area contributed by atoms with E-state index in [2.05, 4.69) is 46.9 Å². The Morgan fingerprint density at radius 2 is 1.71 bits per heavy atom. The summed E-state index contributed by atoms with van der Waals surface area (Å²) in [6, 6.07) is 27.3. The largest absolute Gasteiger partial charge is 0.488 e. The fourth-order valence-corrected chi connectivity index (χ4v) is 5.52. The van der Waals surface area contributed by atoms with Crippen LogP contribution < -0.4 is 4.74 Å². The first-order valence-electron chi connectivity index (χ1n) is 10.9. The second-order valence-corrected chi connectivity index (χ2v) is 10.6. The highest BCUT2D eigenvalue weighted by Gasteiger charge is 2.35. The van der Waals surface area contributed by atoms with Crippen LogP contribution in [0.1, 0.15) is 16.7 Å². The minimum absolute atomic E-state index is 0.220. The Labute approximate surface area is 226 Å². The van der Waals surface area contributed by atoms with Gasteiger partial charge in [-0.05, 0) is 92.2 Å². The summed E-state index contributed by atoms with van der Waals surface area (Å²) >= 11 is 9.11. The predicted octanol–water partition coefficient (Wildman–Crippen LogP) is 7.91. The van der Waals surface area contributed by atoms with Crippen LogP contribution in [0.25, 0.3) is 16.8 Å². The van der Waals surface area contributed by atoms with Gasteiger partial charge in [0.1, 0.15) is 12.4 Å². The molecule has 0 N–H and O–H groups in total. The molecule has 0 aliphatic carbocycles. The van der Waals surface area contributed by atoms with Gasteiger partial charge >= 0.3 is 0 Å². The Kier molecular flexibility index (Phi) is 7.13. The normalized spacial score (nSPS) is 14.8. The summed E-state index contributed by atoms with van der Waals surface area (Å²) in [6.07, 6.45) is 1.75. The number of thioether (sulfide) groups is 1. The van der Waals surface area contributed by atoms with E-state index >= 15 is 0 Å². The molecule has 1 saturated heterocycles. The van der Waals surface area contributed by atoms with Crippen LogP contribution in [-0.2, 0) is 17.9 Å². The van der Waals surface area contributed by atoms with Crippen molar-refractivity contribution in [1.29, 1.82) is 0 Å². The van der Waals surface area contributed by atoms with Crippen LogP contribution in [0.15, 0.2) is 89.8 Å². The Hall–Kier alpha value is -2.81. The van der Waals surface area contributed by atoms with Crippen LogP contribution in [0.3, 0.4) is 0 Å². The molecule has 5 rings (SSSR count). The maximum Gasteiger partial charge on any atom is 0.293 e. The zero-order valence-electron chi connectivity index (χ0n) is 18.4. The van der Waals surface area contributed by atoms with E-state index in [1.54, 1.807) is 18.2 Å². The summed E-state index contributed by atoms with van der Waals surface area (Å²) in [5.74, 6) is 0.479. The van der Waals surface area contributed by atoms with E-state index in [1.807, 2.05) is 48.5 Å². The van der Waals surface area contributed by atoms with Gasteiger partial charge in [0.05, 0.1) is 15.0 Å². The van der Waals surface area contributed by atoms with Gasteiger partial charge in [0, 0.05) is 5.02 Å². The Morgan fingerprint density at radius 1 is 0.943 bits per heavy atom. The number of carbonyl (C=O) groups is 2. The van der Waals surface area contributed by atoms with E-state index < -0.39 is 0 Å². The molecule has 174 valence electrons. The number of nitrogens with zero attached hydrogens (tertiary/aromatic N) is 1. The molecule has 0 bridgehead atoms. The van der Waals surface area contributed by atoms with Crippen LogP contribution in [-0.4, -0.2) is 16.0 Å². The van der Waals surface area contributed by atoms with E-state index in [4.69, 9.17) is 16.3 Å². The number of fused-ring (bicyclic) bond motifs is 1. The molecular weight excluding hydrogens is 593 g/mol. The van der Waals surface area contributed by atoms with Crippen molar-refractivity contribution in [1.82, 2.24) is 4.90 Å². The SMILES string of the molecule is O=C1S/C(=C\c2ccc(OCc3cccc4ccccc34)c(I)c2)C(=O)N1Cc1ccc(Cl)cc1. The van der Waals surface area contributed by atoms with E-state index in [-0.39, 0.29) is 17.7 Å². The van der Waals surface area contributed by atoms with Gasteiger partial charge in [-0.2, -0.15) is 0 Å². The Balaban J connectivity index is 1.29. The summed E-state index contributed by atoms with van der Waals surface area (Å²) < 4.78 is 7.04. The molecule has 0 saturated carbocycles. The molecule has 0 aromatic heterocycles. The standard InChI is InChI=1S/C28H19ClINO3S/c29-22-11-8-18(9-12-22)16-31-27(32)26(35-28(31)33)15-19-10-13-25(24(30)14-19)34-17-21-6-3-5-20-4-1-2-7-23(20)21/h1-15H,16-17H2/b26-15-. The number of imide groups is 1. The van der Waals surface area contributed by atoms with Crippen molar-refractivity contribution < 1.29 is 14.3 Å². The van der Waals surface area contributed by atoms with Crippen molar-refractivity contribution in [3.05, 3.63) is 115 Å². The first kappa shape index (κ1) is 23.9. The quantitative estimate of drug-likeness (QED) is 0.164. The van der Waals surface area contributed by atoms with Crippen molar-refractivity contribution in [2.24, 2.45) is 0 Å². The zero-order chi connectivity index (χ0) is 24.4. The van der Waals surface area contributed by atoms with Crippen molar-refractivity contribution in [3.63, 3.8) is 0 Å². The molecule has 2 amide bonds. The molecule has 1 aliphatic heterocycles. The van der Waals surface area contributed by atoms with Crippen molar-refractivity contribution >= 4 is 73.9 Å². The average Bonchev–Trinajstić information content (AvgIpc) is 3.12. The highest BCUT2D eigenvalue weighted by atomic mass is 127. The van der Waals surface area contributed by atoms with Gasteiger partial charge in [-0.1, -0.05) is 72.3 Å². The molecule has 1 heterocycles. The van der Waals surface area contributed by atoms with Gasteiger partial charge < -0.3 is 4.74 Å². The lowest BCUT2D eigenvalue weighted by atomic mass is 10.1. The average molecular weight is 612 g/mol. The Morgan fingerprint density at radius 3 is 2.51 bits per heavy atom. The number of hydrogen-bond acceptors (Lipinski definition) is 4. The minimum Gasteiger partial charge on any atom is -0.488 e. The molecule has 7 heteroatoms. The minimum atomic E-state index is -0.291. The monoisotopic (exact) mass is 611 g/mol. The summed E-state index contributed by atoms with van der Waals surface area (Å²) in [5.41, 5.74) is 2.81. The van der Waals surface area contributed by atoms with Crippen molar-refractivity contribution in [3.8, 4) is 5.75 Å². The molecule has 4 nitrogen and oxygen atoms in total. The van der Waals surface area contributed by atoms with Gasteiger partial charge in [0.15, 0.2) is 0 Å². The molecule has 4 aromatic carbocycles. The Bertz CT molecular complexity index is 1460. The second kappa shape index (κ2) is 10.4. The van der Waals surface area contributed by atoms with E-state index in [9.17, 15) is 9.59 Å². The lowest BCUT2D eigenvalue weighted by Gasteiger charge is -2.12. The van der Waals surface area contributed by atoms with E-state index in [0.29, 0.717) is 16.5 Å². The van der Waals surface area contributed by atoms with Crippen LogP contribution in [0.4, 0.5) is 4.79 Å². The highest BCUT2D eigenvalue weighted by molar-refractivity contribution is 14.1. The van der Waals surface area contributed by atoms with Crippen LogP contribution in [0.2, 0.25) is 5.02 Å². The number of rotatable bonds is 6. The molecule has 0 atom stereocenters. The molecule has 1 fully saturated rings. The highest BCUT2D eigenvalue weighted by Crippen LogP contribution is 2.34. The zero-order valence-corrected chi connectivity index (χ0v) is 22.1. The summed E-state index contributed by atoms with van der Waals surface area (Å²) in [6.45, 7) is 0.679. The van der Waals surface area contributed by atoms with Gasteiger partial charge in [0.25, 0.3) is 11.1 Å². The van der Waals surface area contributed by atoms with E-state index in [1.165, 1.54) is 15.7 Å². The second-order valence-electron chi connectivity index (χ2n) is 8.01.